The van der Waals surface area contributed by atoms with E-state index in [4.69, 9.17) is 27.3 Å². The van der Waals surface area contributed by atoms with Crippen LogP contribution in [-0.2, 0) is 22.5 Å². The molecule has 0 aromatic heterocycles. The number of ether oxygens (including phenoxy) is 1. The van der Waals surface area contributed by atoms with Crippen LogP contribution in [0.15, 0.2) is 12.1 Å². The van der Waals surface area contributed by atoms with Crippen molar-refractivity contribution in [2.75, 3.05) is 6.61 Å². The van der Waals surface area contributed by atoms with E-state index < -0.39 is 0 Å². The van der Waals surface area contributed by atoms with Crippen LogP contribution in [0.1, 0.15) is 23.6 Å². The Morgan fingerprint density at radius 2 is 2.29 bits per heavy atom. The van der Waals surface area contributed by atoms with Gasteiger partial charge in [0.2, 0.25) is 0 Å². The van der Waals surface area contributed by atoms with Crippen LogP contribution in [0.25, 0.3) is 0 Å². The lowest BCUT2D eigenvalue weighted by molar-refractivity contribution is -0.142. The third kappa shape index (κ3) is 3.45. The lowest BCUT2D eigenvalue weighted by atomic mass is 10.0. The fourth-order valence-electron chi connectivity index (χ4n) is 1.48. The minimum Gasteiger partial charge on any atom is -0.466 e. The van der Waals surface area contributed by atoms with Crippen molar-refractivity contribution < 1.29 is 9.53 Å². The maximum absolute atomic E-state index is 11.4. The molecule has 0 unspecified atom stereocenters. The van der Waals surface area contributed by atoms with Crippen molar-refractivity contribution >= 4 is 17.6 Å². The molecule has 0 atom stereocenters. The van der Waals surface area contributed by atoms with Crippen molar-refractivity contribution in [3.8, 4) is 6.07 Å². The summed E-state index contributed by atoms with van der Waals surface area (Å²) in [5.74, 6) is -0.380. The molecule has 1 aromatic rings. The minimum atomic E-state index is -0.380. The second-order valence-electron chi connectivity index (χ2n) is 3.41. The van der Waals surface area contributed by atoms with Crippen molar-refractivity contribution in [2.45, 2.75) is 19.9 Å². The van der Waals surface area contributed by atoms with Crippen molar-refractivity contribution in [3.63, 3.8) is 0 Å². The van der Waals surface area contributed by atoms with E-state index in [1.807, 2.05) is 6.07 Å². The van der Waals surface area contributed by atoms with E-state index in [1.54, 1.807) is 19.1 Å². The average molecular weight is 253 g/mol. The summed E-state index contributed by atoms with van der Waals surface area (Å²) in [4.78, 5) is 11.4. The van der Waals surface area contributed by atoms with E-state index in [0.717, 1.165) is 5.56 Å². The molecule has 0 aliphatic heterocycles. The van der Waals surface area contributed by atoms with E-state index in [0.29, 0.717) is 29.3 Å². The number of hydrogen-bond acceptors (Lipinski definition) is 4. The summed E-state index contributed by atoms with van der Waals surface area (Å²) >= 11 is 5.94. The van der Waals surface area contributed by atoms with Gasteiger partial charge in [0.25, 0.3) is 0 Å². The van der Waals surface area contributed by atoms with Gasteiger partial charge < -0.3 is 10.5 Å². The van der Waals surface area contributed by atoms with Crippen LogP contribution >= 0.6 is 11.6 Å². The summed E-state index contributed by atoms with van der Waals surface area (Å²) in [6.07, 6.45) is 0.0320. The molecule has 0 heterocycles. The Kier molecular flexibility index (Phi) is 4.95. The smallest absolute Gasteiger partial charge is 0.310 e. The van der Waals surface area contributed by atoms with Gasteiger partial charge in [-0.05, 0) is 24.1 Å². The summed E-state index contributed by atoms with van der Waals surface area (Å²) in [6.45, 7) is 2.35. The maximum atomic E-state index is 11.4. The molecule has 90 valence electrons. The van der Waals surface area contributed by atoms with E-state index in [2.05, 4.69) is 0 Å². The topological polar surface area (TPSA) is 76.1 Å². The number of hydrogen-bond donors (Lipinski definition) is 1. The van der Waals surface area contributed by atoms with Gasteiger partial charge in [0.15, 0.2) is 0 Å². The summed E-state index contributed by atoms with van der Waals surface area (Å²) in [5.41, 5.74) is 7.15. The fourth-order valence-corrected chi connectivity index (χ4v) is 1.78. The molecule has 0 amide bonds. The number of halogens is 1. The number of carbonyl (C=O) groups is 1. The first-order valence-electron chi connectivity index (χ1n) is 5.19. The molecule has 4 nitrogen and oxygen atoms in total. The zero-order valence-electron chi connectivity index (χ0n) is 9.50. The number of carbonyl (C=O) groups excluding carboxylic acids is 1. The largest absolute Gasteiger partial charge is 0.466 e. The number of nitrogens with two attached hydrogens (primary N) is 1. The normalized spacial score (nSPS) is 9.76. The molecule has 1 aromatic carbocycles. The van der Waals surface area contributed by atoms with E-state index in [9.17, 15) is 4.79 Å². The highest BCUT2D eigenvalue weighted by Gasteiger charge is 2.13. The standard InChI is InChI=1S/C12H13ClN2O2/c1-2-17-12(16)5-9-3-8(6-14)4-11(13)10(9)7-15/h3-4H,2,5-6,14H2,1H3. The number of nitriles is 1. The highest BCUT2D eigenvalue weighted by molar-refractivity contribution is 6.31. The summed E-state index contributed by atoms with van der Waals surface area (Å²) in [7, 11) is 0. The monoisotopic (exact) mass is 252 g/mol. The van der Waals surface area contributed by atoms with Crippen LogP contribution in [0.4, 0.5) is 0 Å². The van der Waals surface area contributed by atoms with Gasteiger partial charge in [0, 0.05) is 6.54 Å². The van der Waals surface area contributed by atoms with Crippen LogP contribution in [-0.4, -0.2) is 12.6 Å². The van der Waals surface area contributed by atoms with Crippen molar-refractivity contribution in [1.29, 1.82) is 5.26 Å². The van der Waals surface area contributed by atoms with Gasteiger partial charge in [-0.2, -0.15) is 5.26 Å². The molecule has 0 aliphatic rings. The zero-order chi connectivity index (χ0) is 12.8. The van der Waals surface area contributed by atoms with Gasteiger partial charge in [-0.3, -0.25) is 4.79 Å². The second kappa shape index (κ2) is 6.24. The molecule has 5 heteroatoms. The highest BCUT2D eigenvalue weighted by Crippen LogP contribution is 2.22. The summed E-state index contributed by atoms with van der Waals surface area (Å²) in [5, 5.41) is 9.30. The lowest BCUT2D eigenvalue weighted by Crippen LogP contribution is -2.10. The Bertz CT molecular complexity index is 466. The first-order chi connectivity index (χ1) is 8.12. The molecular weight excluding hydrogens is 240 g/mol. The molecule has 0 saturated heterocycles. The van der Waals surface area contributed by atoms with Gasteiger partial charge in [-0.25, -0.2) is 0 Å². The van der Waals surface area contributed by atoms with Gasteiger partial charge in [0.05, 0.1) is 23.6 Å². The summed E-state index contributed by atoms with van der Waals surface area (Å²) in [6, 6.07) is 5.33. The first kappa shape index (κ1) is 13.5. The second-order valence-corrected chi connectivity index (χ2v) is 3.82. The molecule has 0 bridgehead atoms. The highest BCUT2D eigenvalue weighted by atomic mass is 35.5. The van der Waals surface area contributed by atoms with Gasteiger partial charge in [-0.1, -0.05) is 17.7 Å². The maximum Gasteiger partial charge on any atom is 0.310 e. The molecule has 0 fully saturated rings. The number of benzene rings is 1. The quantitative estimate of drug-likeness (QED) is 0.829. The SMILES string of the molecule is CCOC(=O)Cc1cc(CN)cc(Cl)c1C#N. The Morgan fingerprint density at radius 1 is 1.59 bits per heavy atom. The predicted molar refractivity (Wildman–Crippen MR) is 64.4 cm³/mol. The van der Waals surface area contributed by atoms with E-state index in [1.165, 1.54) is 0 Å². The van der Waals surface area contributed by atoms with Crippen LogP contribution in [0.5, 0.6) is 0 Å². The molecular formula is C12H13ClN2O2. The van der Waals surface area contributed by atoms with E-state index >= 15 is 0 Å². The van der Waals surface area contributed by atoms with Crippen LogP contribution in [0, 0.1) is 11.3 Å². The number of esters is 1. The van der Waals surface area contributed by atoms with Crippen LogP contribution in [0.3, 0.4) is 0 Å². The molecule has 1 rings (SSSR count). The fraction of sp³-hybridized carbons (Fsp3) is 0.333. The molecule has 0 aliphatic carbocycles. The molecule has 0 saturated carbocycles. The molecule has 17 heavy (non-hydrogen) atoms. The molecule has 0 spiro atoms. The third-order valence-electron chi connectivity index (χ3n) is 2.22. The van der Waals surface area contributed by atoms with Gasteiger partial charge in [-0.15, -0.1) is 0 Å². The summed E-state index contributed by atoms with van der Waals surface area (Å²) < 4.78 is 4.84. The molecule has 0 radical (unpaired) electrons. The Balaban J connectivity index is 3.08. The average Bonchev–Trinajstić information content (AvgIpc) is 2.28. The van der Waals surface area contributed by atoms with E-state index in [-0.39, 0.29) is 12.4 Å². The van der Waals surface area contributed by atoms with Crippen molar-refractivity contribution in [3.05, 3.63) is 33.8 Å². The van der Waals surface area contributed by atoms with Crippen LogP contribution < -0.4 is 5.73 Å². The third-order valence-corrected chi connectivity index (χ3v) is 2.52. The zero-order valence-corrected chi connectivity index (χ0v) is 10.3. The Morgan fingerprint density at radius 3 is 2.82 bits per heavy atom. The Hall–Kier alpha value is -1.57. The first-order valence-corrected chi connectivity index (χ1v) is 5.57. The minimum absolute atomic E-state index is 0.0320. The Labute approximate surface area is 105 Å². The lowest BCUT2D eigenvalue weighted by Gasteiger charge is -2.08. The molecule has 2 N–H and O–H groups in total. The van der Waals surface area contributed by atoms with Crippen molar-refractivity contribution in [1.82, 2.24) is 0 Å². The van der Waals surface area contributed by atoms with Crippen molar-refractivity contribution in [2.24, 2.45) is 5.73 Å². The number of rotatable bonds is 4. The van der Waals surface area contributed by atoms with Gasteiger partial charge in [0.1, 0.15) is 6.07 Å². The number of nitrogens with zero attached hydrogens (tertiary/aromatic N) is 1. The van der Waals surface area contributed by atoms with Gasteiger partial charge >= 0.3 is 5.97 Å². The van der Waals surface area contributed by atoms with Crippen LogP contribution in [0.2, 0.25) is 5.02 Å². The predicted octanol–water partition coefficient (Wildman–Crippen LogP) is 1.78.